The summed E-state index contributed by atoms with van der Waals surface area (Å²) >= 11 is 0. The van der Waals surface area contributed by atoms with E-state index in [9.17, 15) is 9.18 Å². The van der Waals surface area contributed by atoms with Crippen molar-refractivity contribution in [3.63, 3.8) is 0 Å². The van der Waals surface area contributed by atoms with Crippen LogP contribution in [0.3, 0.4) is 0 Å². The number of methoxy groups -OCH3 is 1. The van der Waals surface area contributed by atoms with Crippen LogP contribution in [0.15, 0.2) is 18.2 Å². The van der Waals surface area contributed by atoms with Crippen LogP contribution in [0.1, 0.15) is 15.9 Å². The number of esters is 1. The number of rotatable bonds is 1. The van der Waals surface area contributed by atoms with E-state index in [1.54, 1.807) is 6.07 Å². The molecule has 0 heterocycles. The van der Waals surface area contributed by atoms with Crippen LogP contribution in [0, 0.1) is 17.1 Å². The van der Waals surface area contributed by atoms with Gasteiger partial charge >= 0.3 is 5.97 Å². The molecule has 0 fully saturated rings. The molecule has 0 saturated heterocycles. The normalized spacial score (nSPS) is 9.00. The molecule has 0 aliphatic rings. The largest absolute Gasteiger partial charge is 0.465 e. The highest BCUT2D eigenvalue weighted by atomic mass is 19.1. The summed E-state index contributed by atoms with van der Waals surface area (Å²) in [5.74, 6) is -1.62. The average molecular weight is 179 g/mol. The first kappa shape index (κ1) is 9.20. The standard InChI is InChI=1S/C9H6FNO2/c1-13-9(12)7-4-2-3-6(5-11)8(7)10/h2-4H,1H3. The minimum absolute atomic E-state index is 0.164. The maximum absolute atomic E-state index is 13.2. The second kappa shape index (κ2) is 3.68. The number of carbonyl (C=O) groups excluding carboxylic acids is 1. The van der Waals surface area contributed by atoms with Crippen LogP contribution in [-0.2, 0) is 4.74 Å². The van der Waals surface area contributed by atoms with E-state index in [1.165, 1.54) is 18.2 Å². The molecule has 0 spiro atoms. The van der Waals surface area contributed by atoms with E-state index in [1.807, 2.05) is 0 Å². The summed E-state index contributed by atoms with van der Waals surface area (Å²) in [7, 11) is 1.15. The first-order valence-electron chi connectivity index (χ1n) is 3.47. The molecule has 0 atom stereocenters. The van der Waals surface area contributed by atoms with E-state index in [4.69, 9.17) is 5.26 Å². The van der Waals surface area contributed by atoms with Gasteiger partial charge in [-0.25, -0.2) is 9.18 Å². The van der Waals surface area contributed by atoms with E-state index in [2.05, 4.69) is 4.74 Å². The van der Waals surface area contributed by atoms with Crippen molar-refractivity contribution in [3.8, 4) is 6.07 Å². The van der Waals surface area contributed by atoms with E-state index in [0.29, 0.717) is 0 Å². The lowest BCUT2D eigenvalue weighted by atomic mass is 10.1. The molecule has 0 saturated carbocycles. The Morgan fingerprint density at radius 3 is 2.85 bits per heavy atom. The number of benzene rings is 1. The van der Waals surface area contributed by atoms with Crippen molar-refractivity contribution in [2.75, 3.05) is 7.11 Å². The minimum atomic E-state index is -0.836. The minimum Gasteiger partial charge on any atom is -0.465 e. The molecule has 0 aliphatic carbocycles. The maximum Gasteiger partial charge on any atom is 0.340 e. The van der Waals surface area contributed by atoms with Gasteiger partial charge < -0.3 is 4.74 Å². The fourth-order valence-corrected chi connectivity index (χ4v) is 0.886. The van der Waals surface area contributed by atoms with Crippen molar-refractivity contribution < 1.29 is 13.9 Å². The third kappa shape index (κ3) is 1.64. The second-order valence-electron chi connectivity index (χ2n) is 2.27. The highest BCUT2D eigenvalue weighted by Gasteiger charge is 2.14. The molecule has 0 aliphatic heterocycles. The van der Waals surface area contributed by atoms with Gasteiger partial charge in [-0.15, -0.1) is 0 Å². The molecule has 1 rings (SSSR count). The molecule has 1 aromatic carbocycles. The number of hydrogen-bond acceptors (Lipinski definition) is 3. The van der Waals surface area contributed by atoms with Gasteiger partial charge in [0.2, 0.25) is 0 Å². The second-order valence-corrected chi connectivity index (χ2v) is 2.27. The van der Waals surface area contributed by atoms with Crippen LogP contribution in [0.5, 0.6) is 0 Å². The summed E-state index contributed by atoms with van der Waals surface area (Å²) < 4.78 is 17.5. The molecule has 0 bridgehead atoms. The third-order valence-corrected chi connectivity index (χ3v) is 1.52. The predicted molar refractivity (Wildman–Crippen MR) is 42.5 cm³/mol. The maximum atomic E-state index is 13.2. The molecule has 0 amide bonds. The number of hydrogen-bond donors (Lipinski definition) is 0. The topological polar surface area (TPSA) is 50.1 Å². The van der Waals surface area contributed by atoms with Crippen molar-refractivity contribution in [1.82, 2.24) is 0 Å². The molecule has 0 aromatic heterocycles. The highest BCUT2D eigenvalue weighted by molar-refractivity contribution is 5.90. The zero-order valence-corrected chi connectivity index (χ0v) is 6.87. The van der Waals surface area contributed by atoms with Crippen molar-refractivity contribution in [2.24, 2.45) is 0 Å². The number of halogens is 1. The third-order valence-electron chi connectivity index (χ3n) is 1.52. The zero-order chi connectivity index (χ0) is 9.84. The van der Waals surface area contributed by atoms with Gasteiger partial charge in [0.15, 0.2) is 5.82 Å². The first-order chi connectivity index (χ1) is 6.20. The Labute approximate surface area is 74.4 Å². The van der Waals surface area contributed by atoms with Gasteiger partial charge in [0.05, 0.1) is 18.2 Å². The lowest BCUT2D eigenvalue weighted by molar-refractivity contribution is 0.0595. The van der Waals surface area contributed by atoms with Crippen molar-refractivity contribution in [2.45, 2.75) is 0 Å². The summed E-state index contributed by atoms with van der Waals surface area (Å²) in [6, 6.07) is 5.62. The fourth-order valence-electron chi connectivity index (χ4n) is 0.886. The van der Waals surface area contributed by atoms with Crippen LogP contribution in [0.4, 0.5) is 4.39 Å². The van der Waals surface area contributed by atoms with Gasteiger partial charge in [-0.05, 0) is 12.1 Å². The lowest BCUT2D eigenvalue weighted by Crippen LogP contribution is -2.05. The van der Waals surface area contributed by atoms with E-state index < -0.39 is 11.8 Å². The molecule has 66 valence electrons. The van der Waals surface area contributed by atoms with Gasteiger partial charge in [-0.2, -0.15) is 5.26 Å². The first-order valence-corrected chi connectivity index (χ1v) is 3.47. The molecule has 1 aromatic rings. The molecule has 3 nitrogen and oxygen atoms in total. The molecule has 0 radical (unpaired) electrons. The average Bonchev–Trinajstić information content (AvgIpc) is 2.17. The Kier molecular flexibility index (Phi) is 2.60. The summed E-state index contributed by atoms with van der Waals surface area (Å²) in [6.07, 6.45) is 0. The molecular weight excluding hydrogens is 173 g/mol. The Hall–Kier alpha value is -1.89. The quantitative estimate of drug-likeness (QED) is 0.613. The summed E-state index contributed by atoms with van der Waals surface area (Å²) in [5, 5.41) is 8.46. The van der Waals surface area contributed by atoms with E-state index in [0.717, 1.165) is 7.11 Å². The summed E-state index contributed by atoms with van der Waals surface area (Å²) in [5.41, 5.74) is -0.385. The van der Waals surface area contributed by atoms with Crippen molar-refractivity contribution >= 4 is 5.97 Å². The van der Waals surface area contributed by atoms with E-state index >= 15 is 0 Å². The van der Waals surface area contributed by atoms with Gasteiger partial charge in [0.1, 0.15) is 6.07 Å². The lowest BCUT2D eigenvalue weighted by Gasteiger charge is -2.00. The van der Waals surface area contributed by atoms with Crippen LogP contribution < -0.4 is 0 Å². The Balaban J connectivity index is 3.25. The molecule has 0 unspecified atom stereocenters. The molecule has 0 N–H and O–H groups in total. The zero-order valence-electron chi connectivity index (χ0n) is 6.87. The van der Waals surface area contributed by atoms with Crippen LogP contribution in [-0.4, -0.2) is 13.1 Å². The SMILES string of the molecule is COC(=O)c1cccc(C#N)c1F. The predicted octanol–water partition coefficient (Wildman–Crippen LogP) is 1.48. The monoisotopic (exact) mass is 179 g/mol. The Bertz CT molecular complexity index is 382. The van der Waals surface area contributed by atoms with Gasteiger partial charge in [0, 0.05) is 0 Å². The number of nitriles is 1. The summed E-state index contributed by atoms with van der Waals surface area (Å²) in [6.45, 7) is 0. The molecule has 13 heavy (non-hydrogen) atoms. The van der Waals surface area contributed by atoms with Gasteiger partial charge in [0.25, 0.3) is 0 Å². The van der Waals surface area contributed by atoms with Gasteiger partial charge in [-0.1, -0.05) is 6.07 Å². The molecular formula is C9H6FNO2. The Morgan fingerprint density at radius 2 is 2.31 bits per heavy atom. The number of carbonyl (C=O) groups is 1. The van der Waals surface area contributed by atoms with Crippen molar-refractivity contribution in [3.05, 3.63) is 35.1 Å². The molecule has 4 heteroatoms. The van der Waals surface area contributed by atoms with Gasteiger partial charge in [-0.3, -0.25) is 0 Å². The highest BCUT2D eigenvalue weighted by Crippen LogP contribution is 2.12. The number of nitrogens with zero attached hydrogens (tertiary/aromatic N) is 1. The van der Waals surface area contributed by atoms with Crippen LogP contribution in [0.25, 0.3) is 0 Å². The fraction of sp³-hybridized carbons (Fsp3) is 0.111. The van der Waals surface area contributed by atoms with Crippen LogP contribution in [0.2, 0.25) is 0 Å². The van der Waals surface area contributed by atoms with Crippen LogP contribution >= 0.6 is 0 Å². The Morgan fingerprint density at radius 1 is 1.62 bits per heavy atom. The van der Waals surface area contributed by atoms with Crippen molar-refractivity contribution in [1.29, 1.82) is 5.26 Å². The van der Waals surface area contributed by atoms with E-state index in [-0.39, 0.29) is 11.1 Å². The smallest absolute Gasteiger partial charge is 0.340 e. The summed E-state index contributed by atoms with van der Waals surface area (Å²) in [4.78, 5) is 10.9. The number of ether oxygens (including phenoxy) is 1.